The Morgan fingerprint density at radius 3 is 2.46 bits per heavy atom. The lowest BCUT2D eigenvalue weighted by molar-refractivity contribution is -0.141. The van der Waals surface area contributed by atoms with Gasteiger partial charge in [-0.2, -0.15) is 13.2 Å². The minimum Gasteiger partial charge on any atom is -0.280 e. The maximum Gasteiger partial charge on any atom is 0.433 e. The quantitative estimate of drug-likeness (QED) is 0.715. The van der Waals surface area contributed by atoms with E-state index >= 15 is 0 Å². The first-order chi connectivity index (χ1) is 5.91. The van der Waals surface area contributed by atoms with Gasteiger partial charge in [0.25, 0.3) is 0 Å². The number of thiol groups is 1. The molecule has 0 saturated carbocycles. The lowest BCUT2D eigenvalue weighted by atomic mass is 10.3. The Bertz CT molecular complexity index is 337. The third kappa shape index (κ3) is 2.45. The number of halogens is 3. The van der Waals surface area contributed by atoms with Crippen molar-refractivity contribution in [3.8, 4) is 0 Å². The van der Waals surface area contributed by atoms with Gasteiger partial charge in [-0.3, -0.25) is 4.79 Å². The lowest BCUT2D eigenvalue weighted by Gasteiger charge is -2.05. The van der Waals surface area contributed by atoms with Gasteiger partial charge in [0.2, 0.25) is 5.12 Å². The highest BCUT2D eigenvalue weighted by Crippen LogP contribution is 2.27. The largest absolute Gasteiger partial charge is 0.433 e. The molecular weight excluding hydrogens is 203 g/mol. The molecule has 0 aliphatic heterocycles. The fourth-order valence-electron chi connectivity index (χ4n) is 0.712. The van der Waals surface area contributed by atoms with Gasteiger partial charge in [-0.15, -0.1) is 0 Å². The van der Waals surface area contributed by atoms with Crippen molar-refractivity contribution in [2.75, 3.05) is 0 Å². The summed E-state index contributed by atoms with van der Waals surface area (Å²) in [5.74, 6) is 0. The number of carbonyl (C=O) groups excluding carboxylic acids is 1. The van der Waals surface area contributed by atoms with Gasteiger partial charge in [-0.05, 0) is 12.1 Å². The summed E-state index contributed by atoms with van der Waals surface area (Å²) in [5.41, 5.74) is -1.40. The molecule has 1 aromatic rings. The lowest BCUT2D eigenvalue weighted by Crippen LogP contribution is -2.09. The van der Waals surface area contributed by atoms with Gasteiger partial charge in [0.05, 0.1) is 0 Å². The van der Waals surface area contributed by atoms with Gasteiger partial charge in [0.15, 0.2) is 0 Å². The van der Waals surface area contributed by atoms with E-state index in [2.05, 4.69) is 17.6 Å². The highest BCUT2D eigenvalue weighted by molar-refractivity contribution is 7.97. The number of nitrogens with zero attached hydrogens (tertiary/aromatic N) is 1. The summed E-state index contributed by atoms with van der Waals surface area (Å²) in [5, 5.41) is -0.786. The molecule has 0 saturated heterocycles. The fraction of sp³-hybridized carbons (Fsp3) is 0.143. The molecule has 0 fully saturated rings. The van der Waals surface area contributed by atoms with E-state index in [0.29, 0.717) is 0 Å². The Morgan fingerprint density at radius 2 is 2.00 bits per heavy atom. The second kappa shape index (κ2) is 3.37. The van der Waals surface area contributed by atoms with Crippen LogP contribution in [0, 0.1) is 0 Å². The maximum atomic E-state index is 12.0. The van der Waals surface area contributed by atoms with Gasteiger partial charge >= 0.3 is 6.18 Å². The number of pyridine rings is 1. The maximum absolute atomic E-state index is 12.0. The molecule has 70 valence electrons. The van der Waals surface area contributed by atoms with Gasteiger partial charge in [0.1, 0.15) is 11.4 Å². The smallest absolute Gasteiger partial charge is 0.280 e. The predicted molar refractivity (Wildman–Crippen MR) is 42.6 cm³/mol. The molecule has 0 unspecified atom stereocenters. The molecular formula is C7H4F3NOS. The van der Waals surface area contributed by atoms with Crippen LogP contribution < -0.4 is 0 Å². The molecule has 0 amide bonds. The average molecular weight is 207 g/mol. The Labute approximate surface area is 77.2 Å². The van der Waals surface area contributed by atoms with E-state index in [1.807, 2.05) is 0 Å². The predicted octanol–water partition coefficient (Wildman–Crippen LogP) is 2.17. The topological polar surface area (TPSA) is 30.0 Å². The number of alkyl halides is 3. The monoisotopic (exact) mass is 207 g/mol. The first kappa shape index (κ1) is 10.0. The van der Waals surface area contributed by atoms with Crippen LogP contribution in [0.15, 0.2) is 18.2 Å². The zero-order valence-electron chi connectivity index (χ0n) is 6.17. The highest BCUT2D eigenvalue weighted by Gasteiger charge is 2.32. The Kier molecular flexibility index (Phi) is 2.60. The minimum absolute atomic E-state index is 0.307. The molecule has 1 aromatic heterocycles. The number of hydrogen-bond acceptors (Lipinski definition) is 2. The number of carbonyl (C=O) groups is 1. The standard InChI is InChI=1S/C7H4F3NOS/c8-7(9,10)5-3-1-2-4(11-5)6(12)13/h1-3H,(H,12,13). The van der Waals surface area contributed by atoms with Gasteiger partial charge in [-0.1, -0.05) is 18.7 Å². The molecule has 0 bridgehead atoms. The molecule has 0 aliphatic carbocycles. The first-order valence-corrected chi connectivity index (χ1v) is 3.63. The SMILES string of the molecule is O=C(S)c1cccc(C(F)(F)F)n1. The zero-order valence-corrected chi connectivity index (χ0v) is 7.06. The van der Waals surface area contributed by atoms with Crippen molar-refractivity contribution >= 4 is 17.7 Å². The van der Waals surface area contributed by atoms with Crippen molar-refractivity contribution in [3.05, 3.63) is 29.6 Å². The molecule has 0 aromatic carbocycles. The Balaban J connectivity index is 3.13. The summed E-state index contributed by atoms with van der Waals surface area (Å²) < 4.78 is 36.1. The van der Waals surface area contributed by atoms with E-state index in [-0.39, 0.29) is 5.69 Å². The normalized spacial score (nSPS) is 11.4. The van der Waals surface area contributed by atoms with E-state index in [4.69, 9.17) is 0 Å². The summed E-state index contributed by atoms with van der Waals surface area (Å²) in [6, 6.07) is 3.07. The third-order valence-electron chi connectivity index (χ3n) is 1.26. The van der Waals surface area contributed by atoms with E-state index in [0.717, 1.165) is 12.1 Å². The van der Waals surface area contributed by atoms with Crippen molar-refractivity contribution in [3.63, 3.8) is 0 Å². The molecule has 2 nitrogen and oxygen atoms in total. The average Bonchev–Trinajstić information content (AvgIpc) is 2.03. The van der Waals surface area contributed by atoms with Crippen LogP contribution >= 0.6 is 12.6 Å². The molecule has 13 heavy (non-hydrogen) atoms. The van der Waals surface area contributed by atoms with Crippen LogP contribution in [0.4, 0.5) is 13.2 Å². The highest BCUT2D eigenvalue weighted by atomic mass is 32.1. The van der Waals surface area contributed by atoms with Crippen LogP contribution in [0.3, 0.4) is 0 Å². The Hall–Kier alpha value is -1.04. The molecule has 0 aliphatic rings. The number of rotatable bonds is 1. The summed E-state index contributed by atoms with van der Waals surface area (Å²) in [6.45, 7) is 0. The molecule has 1 rings (SSSR count). The van der Waals surface area contributed by atoms with Crippen molar-refractivity contribution in [2.45, 2.75) is 6.18 Å². The van der Waals surface area contributed by atoms with E-state index in [1.165, 1.54) is 6.07 Å². The molecule has 6 heteroatoms. The van der Waals surface area contributed by atoms with Crippen LogP contribution in [0.5, 0.6) is 0 Å². The van der Waals surface area contributed by atoms with Crippen LogP contribution in [-0.4, -0.2) is 10.1 Å². The summed E-state index contributed by atoms with van der Waals surface area (Å²) in [4.78, 5) is 13.7. The van der Waals surface area contributed by atoms with Crippen molar-refractivity contribution in [1.29, 1.82) is 0 Å². The van der Waals surface area contributed by atoms with Crippen molar-refractivity contribution in [1.82, 2.24) is 4.98 Å². The fourth-order valence-corrected chi connectivity index (χ4v) is 0.836. The summed E-state index contributed by atoms with van der Waals surface area (Å²) in [6.07, 6.45) is -4.53. The number of hydrogen-bond donors (Lipinski definition) is 1. The minimum atomic E-state index is -4.53. The molecule has 1 heterocycles. The molecule has 0 spiro atoms. The second-order valence-electron chi connectivity index (χ2n) is 2.21. The van der Waals surface area contributed by atoms with Crippen molar-refractivity contribution in [2.24, 2.45) is 0 Å². The van der Waals surface area contributed by atoms with Gasteiger partial charge in [-0.25, -0.2) is 4.98 Å². The number of aromatic nitrogens is 1. The van der Waals surface area contributed by atoms with Crippen LogP contribution in [0.2, 0.25) is 0 Å². The molecule has 0 N–H and O–H groups in total. The summed E-state index contributed by atoms with van der Waals surface area (Å²) in [7, 11) is 0. The van der Waals surface area contributed by atoms with Crippen molar-refractivity contribution < 1.29 is 18.0 Å². The van der Waals surface area contributed by atoms with Crippen LogP contribution in [-0.2, 0) is 6.18 Å². The van der Waals surface area contributed by atoms with E-state index in [1.54, 1.807) is 0 Å². The van der Waals surface area contributed by atoms with E-state index in [9.17, 15) is 18.0 Å². The van der Waals surface area contributed by atoms with Gasteiger partial charge < -0.3 is 0 Å². The summed E-state index contributed by atoms with van der Waals surface area (Å²) >= 11 is 3.36. The first-order valence-electron chi connectivity index (χ1n) is 3.19. The van der Waals surface area contributed by atoms with E-state index < -0.39 is 17.0 Å². The molecule has 0 radical (unpaired) electrons. The van der Waals surface area contributed by atoms with Crippen LogP contribution in [0.25, 0.3) is 0 Å². The Morgan fingerprint density at radius 1 is 1.38 bits per heavy atom. The second-order valence-corrected chi connectivity index (χ2v) is 2.62. The third-order valence-corrected chi connectivity index (χ3v) is 1.49. The van der Waals surface area contributed by atoms with Crippen LogP contribution in [0.1, 0.15) is 16.2 Å². The zero-order chi connectivity index (χ0) is 10.1. The molecule has 0 atom stereocenters. The van der Waals surface area contributed by atoms with Gasteiger partial charge in [0, 0.05) is 0 Å².